The van der Waals surface area contributed by atoms with Crippen molar-refractivity contribution in [1.82, 2.24) is 9.47 Å². The van der Waals surface area contributed by atoms with Gasteiger partial charge in [0.15, 0.2) is 0 Å². The van der Waals surface area contributed by atoms with Gasteiger partial charge in [-0.05, 0) is 129 Å². The number of carbonyl (C=O) groups is 2. The van der Waals surface area contributed by atoms with Crippen molar-refractivity contribution in [2.24, 2.45) is 11.7 Å². The maximum Gasteiger partial charge on any atom is 0.416 e. The molecular weight excluding hydrogens is 633 g/mol. The third-order valence-corrected chi connectivity index (χ3v) is 8.59. The van der Waals surface area contributed by atoms with Crippen LogP contribution in [-0.4, -0.2) is 47.1 Å². The molecule has 7 nitrogen and oxygen atoms in total. The van der Waals surface area contributed by atoms with Gasteiger partial charge in [0.05, 0.1) is 5.56 Å². The lowest BCUT2D eigenvalue weighted by Gasteiger charge is -2.23. The van der Waals surface area contributed by atoms with Gasteiger partial charge in [-0.25, -0.2) is 8.78 Å². The van der Waals surface area contributed by atoms with Gasteiger partial charge < -0.3 is 20.3 Å². The molecule has 2 unspecified atom stereocenters. The first-order valence-corrected chi connectivity index (χ1v) is 16.0. The number of rotatable bonds is 16. The van der Waals surface area contributed by atoms with Gasteiger partial charge in [0, 0.05) is 25.2 Å². The van der Waals surface area contributed by atoms with Crippen LogP contribution >= 0.6 is 0 Å². The van der Waals surface area contributed by atoms with E-state index in [1.165, 1.54) is 12.1 Å². The SMILES string of the molecule is Cc1cc(-c2c(C)cc(F)cc2CCCCC(C)CC(C(N)=O)n2cc(CCN(C)C)c(C(F)(F)F)cc2=O)cc(CCC(=O)O)c1F. The molecule has 2 atom stereocenters. The number of aliphatic carboxylic acids is 1. The molecule has 1 amide bonds. The number of likely N-dealkylation sites (N-methyl/N-ethyl adjacent to an activating group) is 1. The Hall–Kier alpha value is -4.06. The molecule has 262 valence electrons. The number of unbranched alkanes of at least 4 members (excludes halogenated alkanes) is 1. The summed E-state index contributed by atoms with van der Waals surface area (Å²) in [7, 11) is 3.44. The molecule has 0 aliphatic heterocycles. The predicted molar refractivity (Wildman–Crippen MR) is 175 cm³/mol. The Morgan fingerprint density at radius 3 is 2.23 bits per heavy atom. The maximum absolute atomic E-state index is 14.8. The second-order valence-electron chi connectivity index (χ2n) is 12.9. The topological polar surface area (TPSA) is 106 Å². The van der Waals surface area contributed by atoms with Crippen molar-refractivity contribution in [2.75, 3.05) is 20.6 Å². The van der Waals surface area contributed by atoms with Gasteiger partial charge in [-0.1, -0.05) is 19.8 Å². The fourth-order valence-electron chi connectivity index (χ4n) is 6.15. The number of pyridine rings is 1. The first-order chi connectivity index (χ1) is 22.4. The van der Waals surface area contributed by atoms with Crippen LogP contribution in [0.3, 0.4) is 0 Å². The molecule has 0 saturated carbocycles. The van der Waals surface area contributed by atoms with E-state index in [4.69, 9.17) is 10.8 Å². The third-order valence-electron chi connectivity index (χ3n) is 8.59. The number of halogens is 5. The number of aryl methyl sites for hydroxylation is 4. The number of hydrogen-bond donors (Lipinski definition) is 2. The number of alkyl halides is 3. The minimum absolute atomic E-state index is 0.0194. The van der Waals surface area contributed by atoms with Crippen LogP contribution in [0.1, 0.15) is 78.5 Å². The zero-order valence-corrected chi connectivity index (χ0v) is 28.0. The van der Waals surface area contributed by atoms with Crippen molar-refractivity contribution < 1.29 is 36.6 Å². The Morgan fingerprint density at radius 1 is 0.938 bits per heavy atom. The number of primary amides is 1. The molecule has 48 heavy (non-hydrogen) atoms. The van der Waals surface area contributed by atoms with E-state index in [1.807, 2.05) is 6.92 Å². The second kappa shape index (κ2) is 16.4. The Labute approximate surface area is 277 Å². The second-order valence-corrected chi connectivity index (χ2v) is 12.9. The van der Waals surface area contributed by atoms with Crippen LogP contribution in [0.2, 0.25) is 0 Å². The van der Waals surface area contributed by atoms with E-state index in [2.05, 4.69) is 0 Å². The highest BCUT2D eigenvalue weighted by Crippen LogP contribution is 2.34. The van der Waals surface area contributed by atoms with E-state index in [9.17, 15) is 36.3 Å². The number of carboxylic acids is 1. The molecule has 2 aromatic carbocycles. The molecule has 0 radical (unpaired) electrons. The number of hydrogen-bond acceptors (Lipinski definition) is 4. The molecule has 1 heterocycles. The molecule has 0 saturated heterocycles. The standard InChI is InChI=1S/C36H44F5N3O4/c1-21(14-30(35(42)48)44-20-26(12-13-43(4)5)29(19-31(44)45)36(39,40)41)8-6-7-9-24-18-28(37)16-22(2)33(24)27-15-23(3)34(38)25(17-27)10-11-32(46)47/h15-21,30H,6-14H2,1-5H3,(H2,42,48)(H,46,47). The molecule has 0 aliphatic carbocycles. The number of amides is 1. The number of nitrogens with zero attached hydrogens (tertiary/aromatic N) is 2. The van der Waals surface area contributed by atoms with Gasteiger partial charge in [-0.15, -0.1) is 0 Å². The summed E-state index contributed by atoms with van der Waals surface area (Å²) in [5.41, 5.74) is 7.01. The number of carbonyl (C=O) groups excluding carboxylic acids is 1. The number of benzene rings is 2. The van der Waals surface area contributed by atoms with E-state index in [1.54, 1.807) is 45.0 Å². The van der Waals surface area contributed by atoms with Gasteiger partial charge in [-0.3, -0.25) is 14.4 Å². The van der Waals surface area contributed by atoms with Crippen molar-refractivity contribution in [3.8, 4) is 11.1 Å². The lowest BCUT2D eigenvalue weighted by Crippen LogP contribution is -2.36. The summed E-state index contributed by atoms with van der Waals surface area (Å²) >= 11 is 0. The largest absolute Gasteiger partial charge is 0.481 e. The van der Waals surface area contributed by atoms with Crippen LogP contribution in [-0.2, 0) is 35.0 Å². The van der Waals surface area contributed by atoms with Gasteiger partial charge in [0.25, 0.3) is 5.56 Å². The van der Waals surface area contributed by atoms with Crippen LogP contribution in [0.5, 0.6) is 0 Å². The summed E-state index contributed by atoms with van der Waals surface area (Å²) in [6, 6.07) is 5.52. The Bertz CT molecular complexity index is 1680. The molecule has 0 spiro atoms. The molecule has 3 rings (SSSR count). The summed E-state index contributed by atoms with van der Waals surface area (Å²) in [4.78, 5) is 38.1. The average Bonchev–Trinajstić information content (AvgIpc) is 2.97. The fraction of sp³-hybridized carbons (Fsp3) is 0.472. The van der Waals surface area contributed by atoms with Crippen molar-refractivity contribution in [1.29, 1.82) is 0 Å². The van der Waals surface area contributed by atoms with Gasteiger partial charge in [0.2, 0.25) is 5.91 Å². The molecule has 0 aliphatic rings. The molecule has 3 aromatic rings. The maximum atomic E-state index is 14.8. The van der Waals surface area contributed by atoms with E-state index < -0.39 is 46.9 Å². The summed E-state index contributed by atoms with van der Waals surface area (Å²) in [5.74, 6) is -2.87. The monoisotopic (exact) mass is 677 g/mol. The highest BCUT2D eigenvalue weighted by atomic mass is 19.4. The highest BCUT2D eigenvalue weighted by molar-refractivity contribution is 5.78. The van der Waals surface area contributed by atoms with Crippen molar-refractivity contribution in [3.05, 3.63) is 91.9 Å². The predicted octanol–water partition coefficient (Wildman–Crippen LogP) is 7.02. The quantitative estimate of drug-likeness (QED) is 0.125. The van der Waals surface area contributed by atoms with Crippen LogP contribution in [0.15, 0.2) is 41.3 Å². The van der Waals surface area contributed by atoms with Crippen LogP contribution in [0, 0.1) is 31.4 Å². The van der Waals surface area contributed by atoms with E-state index in [0.29, 0.717) is 60.5 Å². The normalized spacial score (nSPS) is 13.1. The zero-order chi connectivity index (χ0) is 35.9. The summed E-state index contributed by atoms with van der Waals surface area (Å²) in [6.07, 6.45) is -1.30. The third kappa shape index (κ3) is 10.2. The molecule has 0 fully saturated rings. The Balaban J connectivity index is 1.77. The zero-order valence-electron chi connectivity index (χ0n) is 28.0. The highest BCUT2D eigenvalue weighted by Gasteiger charge is 2.35. The van der Waals surface area contributed by atoms with Gasteiger partial charge in [-0.2, -0.15) is 13.2 Å². The van der Waals surface area contributed by atoms with E-state index in [-0.39, 0.29) is 42.7 Å². The number of carboxylic acid groups (broad SMARTS) is 1. The summed E-state index contributed by atoms with van der Waals surface area (Å²) in [5, 5.41) is 9.09. The first-order valence-electron chi connectivity index (χ1n) is 16.0. The van der Waals surface area contributed by atoms with Crippen molar-refractivity contribution >= 4 is 11.9 Å². The summed E-state index contributed by atoms with van der Waals surface area (Å²) in [6.45, 7) is 5.54. The molecule has 12 heteroatoms. The Kier molecular flexibility index (Phi) is 13.1. The number of aromatic nitrogens is 1. The van der Waals surface area contributed by atoms with Crippen molar-refractivity contribution in [2.45, 2.75) is 84.4 Å². The Morgan fingerprint density at radius 2 is 1.62 bits per heavy atom. The van der Waals surface area contributed by atoms with Crippen molar-refractivity contribution in [3.63, 3.8) is 0 Å². The first kappa shape index (κ1) is 38.4. The minimum atomic E-state index is -4.73. The summed E-state index contributed by atoms with van der Waals surface area (Å²) < 4.78 is 71.5. The fourth-order valence-corrected chi connectivity index (χ4v) is 6.15. The minimum Gasteiger partial charge on any atom is -0.481 e. The van der Waals surface area contributed by atoms with E-state index >= 15 is 0 Å². The molecule has 1 aromatic heterocycles. The molecule has 0 bridgehead atoms. The smallest absolute Gasteiger partial charge is 0.416 e. The molecular formula is C36H44F5N3O4. The van der Waals surface area contributed by atoms with Gasteiger partial charge >= 0.3 is 12.1 Å². The van der Waals surface area contributed by atoms with Crippen LogP contribution in [0.25, 0.3) is 11.1 Å². The van der Waals surface area contributed by atoms with Crippen LogP contribution in [0.4, 0.5) is 22.0 Å². The number of nitrogens with two attached hydrogens (primary N) is 1. The average molecular weight is 678 g/mol. The van der Waals surface area contributed by atoms with E-state index in [0.717, 1.165) is 16.3 Å². The lowest BCUT2D eigenvalue weighted by atomic mass is 9.88. The molecule has 3 N–H and O–H groups in total. The lowest BCUT2D eigenvalue weighted by molar-refractivity contribution is -0.138. The van der Waals surface area contributed by atoms with Crippen LogP contribution < -0.4 is 11.3 Å². The van der Waals surface area contributed by atoms with Gasteiger partial charge in [0.1, 0.15) is 17.7 Å².